The largest absolute Gasteiger partial charge is 0.399 e. The Hall–Kier alpha value is -2.68. The number of thiazole rings is 1. The fourth-order valence-corrected chi connectivity index (χ4v) is 2.65. The summed E-state index contributed by atoms with van der Waals surface area (Å²) >= 11 is 1.32. The second kappa shape index (κ2) is 6.66. The molecule has 2 aromatic rings. The minimum atomic E-state index is -0.312. The van der Waals surface area contributed by atoms with E-state index >= 15 is 0 Å². The lowest BCUT2D eigenvalue weighted by Gasteiger charge is -2.13. The molecule has 0 saturated heterocycles. The fourth-order valence-electron chi connectivity index (χ4n) is 1.72. The number of aromatic nitrogens is 1. The van der Waals surface area contributed by atoms with E-state index in [1.807, 2.05) is 12.1 Å². The molecule has 1 aromatic carbocycles. The maximum atomic E-state index is 11.9. The quantitative estimate of drug-likeness (QED) is 0.632. The highest BCUT2D eigenvalue weighted by molar-refractivity contribution is 7.22. The van der Waals surface area contributed by atoms with E-state index in [2.05, 4.69) is 10.3 Å². The fraction of sp³-hybridized carbons (Fsp3) is 0.231. The lowest BCUT2D eigenvalue weighted by Crippen LogP contribution is -2.33. The Morgan fingerprint density at radius 1 is 1.38 bits per heavy atom. The van der Waals surface area contributed by atoms with Crippen LogP contribution in [-0.2, 0) is 4.79 Å². The van der Waals surface area contributed by atoms with Crippen molar-refractivity contribution in [3.05, 3.63) is 18.2 Å². The molecule has 21 heavy (non-hydrogen) atoms. The van der Waals surface area contributed by atoms with Gasteiger partial charge in [0, 0.05) is 5.69 Å². The van der Waals surface area contributed by atoms with Crippen molar-refractivity contribution < 1.29 is 4.79 Å². The van der Waals surface area contributed by atoms with Crippen LogP contribution >= 0.6 is 11.3 Å². The lowest BCUT2D eigenvalue weighted by atomic mass is 10.3. The van der Waals surface area contributed by atoms with Gasteiger partial charge in [-0.05, 0) is 18.2 Å². The van der Waals surface area contributed by atoms with Gasteiger partial charge in [-0.3, -0.25) is 9.69 Å². The van der Waals surface area contributed by atoms with E-state index in [-0.39, 0.29) is 25.5 Å². The Kier molecular flexibility index (Phi) is 4.67. The summed E-state index contributed by atoms with van der Waals surface area (Å²) < 4.78 is 0.885. The summed E-state index contributed by atoms with van der Waals surface area (Å²) in [7, 11) is 0. The van der Waals surface area contributed by atoms with Gasteiger partial charge >= 0.3 is 0 Å². The summed E-state index contributed by atoms with van der Waals surface area (Å²) in [6, 6.07) is 9.16. The number of hydrogen-bond donors (Lipinski definition) is 2. The number of carbonyl (C=O) groups excluding carboxylic acids is 1. The second-order valence-electron chi connectivity index (χ2n) is 4.26. The number of nitrogens with two attached hydrogens (primary N) is 1. The van der Waals surface area contributed by atoms with Gasteiger partial charge in [0.05, 0.1) is 42.0 Å². The Morgan fingerprint density at radius 2 is 2.10 bits per heavy atom. The number of amides is 1. The highest BCUT2D eigenvalue weighted by Gasteiger charge is 2.12. The van der Waals surface area contributed by atoms with E-state index < -0.39 is 0 Å². The van der Waals surface area contributed by atoms with Crippen LogP contribution in [-0.4, -0.2) is 35.4 Å². The van der Waals surface area contributed by atoms with Crippen LogP contribution in [0.2, 0.25) is 0 Å². The first-order valence-electron chi connectivity index (χ1n) is 6.04. The molecule has 0 aliphatic heterocycles. The van der Waals surface area contributed by atoms with Gasteiger partial charge in [0.1, 0.15) is 0 Å². The third-order valence-electron chi connectivity index (χ3n) is 2.61. The molecule has 0 fully saturated rings. The predicted octanol–water partition coefficient (Wildman–Crippen LogP) is 1.17. The minimum Gasteiger partial charge on any atom is -0.399 e. The SMILES string of the molecule is N#CCN(CC#N)CC(=O)Nc1nc2ccc(N)cc2s1. The molecule has 0 unspecified atom stereocenters. The molecular weight excluding hydrogens is 288 g/mol. The number of carbonyl (C=O) groups is 1. The summed E-state index contributed by atoms with van der Waals surface area (Å²) in [5, 5.41) is 20.4. The van der Waals surface area contributed by atoms with Gasteiger partial charge in [-0.1, -0.05) is 11.3 Å². The first kappa shape index (κ1) is 14.7. The van der Waals surface area contributed by atoms with Crippen LogP contribution in [0.3, 0.4) is 0 Å². The molecule has 0 saturated carbocycles. The van der Waals surface area contributed by atoms with Crippen molar-refractivity contribution in [1.82, 2.24) is 9.88 Å². The van der Waals surface area contributed by atoms with Crippen molar-refractivity contribution in [1.29, 1.82) is 10.5 Å². The number of nitrogens with zero attached hydrogens (tertiary/aromatic N) is 4. The Morgan fingerprint density at radius 3 is 2.76 bits per heavy atom. The molecule has 2 rings (SSSR count). The predicted molar refractivity (Wildman–Crippen MR) is 80.3 cm³/mol. The van der Waals surface area contributed by atoms with Crippen LogP contribution in [0.1, 0.15) is 0 Å². The van der Waals surface area contributed by atoms with Crippen molar-refractivity contribution in [2.75, 3.05) is 30.7 Å². The average molecular weight is 300 g/mol. The first-order valence-corrected chi connectivity index (χ1v) is 6.86. The van der Waals surface area contributed by atoms with Crippen LogP contribution < -0.4 is 11.1 Å². The van der Waals surface area contributed by atoms with E-state index in [0.29, 0.717) is 10.8 Å². The molecule has 1 amide bonds. The van der Waals surface area contributed by atoms with E-state index in [1.165, 1.54) is 16.2 Å². The molecular formula is C13H12N6OS. The van der Waals surface area contributed by atoms with E-state index in [1.54, 1.807) is 18.2 Å². The lowest BCUT2D eigenvalue weighted by molar-refractivity contribution is -0.117. The Balaban J connectivity index is 2.04. The topological polar surface area (TPSA) is 119 Å². The molecule has 106 valence electrons. The minimum absolute atomic E-state index is 0.0252. The van der Waals surface area contributed by atoms with Crippen LogP contribution in [0.25, 0.3) is 10.2 Å². The van der Waals surface area contributed by atoms with Gasteiger partial charge in [0.2, 0.25) is 5.91 Å². The summed E-state index contributed by atoms with van der Waals surface area (Å²) in [6.45, 7) is 0.0217. The zero-order valence-corrected chi connectivity index (χ0v) is 11.9. The van der Waals surface area contributed by atoms with Gasteiger partial charge in [0.25, 0.3) is 0 Å². The van der Waals surface area contributed by atoms with Gasteiger partial charge in [-0.15, -0.1) is 0 Å². The van der Waals surface area contributed by atoms with Crippen LogP contribution in [0.15, 0.2) is 18.2 Å². The molecule has 0 bridgehead atoms. The molecule has 0 atom stereocenters. The Labute approximate surface area is 125 Å². The summed E-state index contributed by atoms with van der Waals surface area (Å²) in [4.78, 5) is 17.6. The first-order chi connectivity index (χ1) is 10.1. The zero-order chi connectivity index (χ0) is 15.2. The van der Waals surface area contributed by atoms with E-state index in [9.17, 15) is 4.79 Å². The number of rotatable bonds is 5. The molecule has 0 aliphatic carbocycles. The van der Waals surface area contributed by atoms with Crippen molar-refractivity contribution in [3.63, 3.8) is 0 Å². The summed E-state index contributed by atoms with van der Waals surface area (Å²) in [5.41, 5.74) is 7.09. The number of nitrogens with one attached hydrogen (secondary N) is 1. The van der Waals surface area contributed by atoms with Crippen molar-refractivity contribution >= 4 is 38.3 Å². The Bertz CT molecular complexity index is 725. The van der Waals surface area contributed by atoms with Crippen molar-refractivity contribution in [2.45, 2.75) is 0 Å². The van der Waals surface area contributed by atoms with Gasteiger partial charge in [-0.2, -0.15) is 10.5 Å². The van der Waals surface area contributed by atoms with Gasteiger partial charge in [-0.25, -0.2) is 4.98 Å². The average Bonchev–Trinajstić information content (AvgIpc) is 2.80. The molecule has 7 nitrogen and oxygen atoms in total. The molecule has 0 spiro atoms. The second-order valence-corrected chi connectivity index (χ2v) is 5.29. The van der Waals surface area contributed by atoms with E-state index in [0.717, 1.165) is 10.2 Å². The standard InChI is InChI=1S/C13H12N6OS/c14-3-5-19(6-4-15)8-12(20)18-13-17-10-2-1-9(16)7-11(10)21-13/h1-2,7H,5-6,8,16H2,(H,17,18,20). The normalized spacial score (nSPS) is 10.2. The number of hydrogen-bond acceptors (Lipinski definition) is 7. The third kappa shape index (κ3) is 3.89. The smallest absolute Gasteiger partial charge is 0.240 e. The van der Waals surface area contributed by atoms with Crippen LogP contribution in [0, 0.1) is 22.7 Å². The molecule has 3 N–H and O–H groups in total. The number of nitriles is 2. The third-order valence-corrected chi connectivity index (χ3v) is 3.55. The number of nitrogen functional groups attached to an aromatic ring is 1. The number of fused-ring (bicyclic) bond motifs is 1. The van der Waals surface area contributed by atoms with Crippen LogP contribution in [0.4, 0.5) is 10.8 Å². The highest BCUT2D eigenvalue weighted by Crippen LogP contribution is 2.27. The molecule has 8 heteroatoms. The molecule has 0 aliphatic rings. The van der Waals surface area contributed by atoms with Gasteiger partial charge < -0.3 is 11.1 Å². The van der Waals surface area contributed by atoms with Crippen LogP contribution in [0.5, 0.6) is 0 Å². The highest BCUT2D eigenvalue weighted by atomic mass is 32.1. The maximum absolute atomic E-state index is 11.9. The van der Waals surface area contributed by atoms with E-state index in [4.69, 9.17) is 16.3 Å². The van der Waals surface area contributed by atoms with Crippen molar-refractivity contribution in [2.24, 2.45) is 0 Å². The summed E-state index contributed by atoms with van der Waals surface area (Å²) in [5.74, 6) is -0.312. The maximum Gasteiger partial charge on any atom is 0.240 e. The zero-order valence-electron chi connectivity index (χ0n) is 11.0. The summed E-state index contributed by atoms with van der Waals surface area (Å²) in [6.07, 6.45) is 0. The molecule has 1 aromatic heterocycles. The monoisotopic (exact) mass is 300 g/mol. The van der Waals surface area contributed by atoms with Crippen molar-refractivity contribution in [3.8, 4) is 12.1 Å². The molecule has 0 radical (unpaired) electrons. The number of anilines is 2. The molecule has 1 heterocycles. The van der Waals surface area contributed by atoms with Gasteiger partial charge in [0.15, 0.2) is 5.13 Å². The number of benzene rings is 1.